The van der Waals surface area contributed by atoms with E-state index in [-0.39, 0.29) is 26.1 Å². The molecule has 2 atom stereocenters. The van der Waals surface area contributed by atoms with Crippen molar-refractivity contribution in [1.29, 1.82) is 0 Å². The average Bonchev–Trinajstić information content (AvgIpc) is 3.07. The van der Waals surface area contributed by atoms with Gasteiger partial charge in [0.1, 0.15) is 19.8 Å². The molecule has 0 aromatic heterocycles. The number of carbonyl (C=O) groups excluding carboxylic acids is 2. The molecule has 0 fully saturated rings. The van der Waals surface area contributed by atoms with E-state index in [1.165, 1.54) is 12.8 Å². The van der Waals surface area contributed by atoms with Crippen molar-refractivity contribution >= 4 is 19.8 Å². The van der Waals surface area contributed by atoms with E-state index in [0.717, 1.165) is 83.5 Å². The largest absolute Gasteiger partial charge is 0.756 e. The van der Waals surface area contributed by atoms with E-state index in [1.807, 2.05) is 21.1 Å². The summed E-state index contributed by atoms with van der Waals surface area (Å²) in [7, 11) is 1.12. The topological polar surface area (TPSA) is 111 Å². The molecular formula is C41H72NO8P. The maximum atomic E-state index is 12.6. The van der Waals surface area contributed by atoms with Gasteiger partial charge in [-0.3, -0.25) is 14.2 Å². The van der Waals surface area contributed by atoms with Gasteiger partial charge in [-0.1, -0.05) is 113 Å². The average molecular weight is 738 g/mol. The van der Waals surface area contributed by atoms with Gasteiger partial charge in [0.15, 0.2) is 6.10 Å². The number of ether oxygens (including phenoxy) is 2. The summed E-state index contributed by atoms with van der Waals surface area (Å²) in [5.41, 5.74) is 0. The van der Waals surface area contributed by atoms with Crippen LogP contribution in [0.1, 0.15) is 136 Å². The molecule has 0 aliphatic carbocycles. The van der Waals surface area contributed by atoms with Crippen LogP contribution in [0.4, 0.5) is 0 Å². The van der Waals surface area contributed by atoms with Gasteiger partial charge in [-0.2, -0.15) is 0 Å². The van der Waals surface area contributed by atoms with Gasteiger partial charge in [0.25, 0.3) is 7.82 Å². The first-order valence-electron chi connectivity index (χ1n) is 19.5. The molecule has 0 N–H and O–H groups in total. The Morgan fingerprint density at radius 1 is 0.627 bits per heavy atom. The number of carbonyl (C=O) groups is 2. The summed E-state index contributed by atoms with van der Waals surface area (Å²) in [5, 5.41) is 0. The van der Waals surface area contributed by atoms with Crippen LogP contribution < -0.4 is 4.89 Å². The smallest absolute Gasteiger partial charge is 0.306 e. The lowest BCUT2D eigenvalue weighted by atomic mass is 10.1. The van der Waals surface area contributed by atoms with Crippen LogP contribution >= 0.6 is 7.82 Å². The van der Waals surface area contributed by atoms with Crippen molar-refractivity contribution in [2.75, 3.05) is 47.5 Å². The van der Waals surface area contributed by atoms with Crippen molar-refractivity contribution in [2.24, 2.45) is 0 Å². The first kappa shape index (κ1) is 48.7. The maximum Gasteiger partial charge on any atom is 0.306 e. The minimum Gasteiger partial charge on any atom is -0.756 e. The quantitative estimate of drug-likeness (QED) is 0.0211. The van der Waals surface area contributed by atoms with Crippen LogP contribution in [0.5, 0.6) is 0 Å². The molecule has 0 heterocycles. The molecule has 2 unspecified atom stereocenters. The number of hydrogen-bond acceptors (Lipinski definition) is 8. The zero-order valence-electron chi connectivity index (χ0n) is 32.8. The Kier molecular flexibility index (Phi) is 32.0. The molecule has 0 saturated heterocycles. The molecule has 0 spiro atoms. The van der Waals surface area contributed by atoms with Gasteiger partial charge in [0.2, 0.25) is 0 Å². The molecule has 0 amide bonds. The van der Waals surface area contributed by atoms with E-state index in [1.54, 1.807) is 0 Å². The predicted octanol–water partition coefficient (Wildman–Crippen LogP) is 9.88. The number of esters is 2. The fourth-order valence-corrected chi connectivity index (χ4v) is 5.41. The summed E-state index contributed by atoms with van der Waals surface area (Å²) in [6.07, 6.45) is 38.2. The van der Waals surface area contributed by atoms with Crippen LogP contribution in [0.25, 0.3) is 0 Å². The number of rotatable bonds is 34. The van der Waals surface area contributed by atoms with Gasteiger partial charge in [-0.05, 0) is 70.6 Å². The number of quaternary nitrogens is 1. The van der Waals surface area contributed by atoms with Crippen LogP contribution in [0.2, 0.25) is 0 Å². The highest BCUT2D eigenvalue weighted by atomic mass is 31.2. The number of unbranched alkanes of at least 4 members (excludes halogenated alkanes) is 10. The Bertz CT molecular complexity index is 1060. The standard InChI is InChI=1S/C41H72NO8P/c1-6-8-10-12-14-16-18-20-22-23-25-27-29-31-33-40(43)47-37-39(38-49-51(45,46)48-36-35-42(3,4)5)50-41(44)34-32-30-28-26-24-21-19-17-15-13-11-9-7-2/h9,11-12,14-15,17-18,20-21,24,39H,6-8,10,13,16,19,22-23,25-38H2,1-5H3/b11-9-,14-12-,17-15-,20-18-,24-21-. The lowest BCUT2D eigenvalue weighted by Gasteiger charge is -2.28. The molecule has 0 aromatic rings. The molecule has 51 heavy (non-hydrogen) atoms. The highest BCUT2D eigenvalue weighted by Crippen LogP contribution is 2.38. The molecule has 0 saturated carbocycles. The van der Waals surface area contributed by atoms with Crippen LogP contribution in [0, 0.1) is 0 Å². The molecule has 0 aromatic carbocycles. The normalized spacial score (nSPS) is 14.4. The van der Waals surface area contributed by atoms with Gasteiger partial charge < -0.3 is 27.9 Å². The van der Waals surface area contributed by atoms with Crippen LogP contribution in [0.15, 0.2) is 60.8 Å². The Labute approximate surface area is 311 Å². The molecule has 9 nitrogen and oxygen atoms in total. The maximum absolute atomic E-state index is 12.6. The van der Waals surface area contributed by atoms with Gasteiger partial charge in [-0.25, -0.2) is 0 Å². The number of nitrogens with zero attached hydrogens (tertiary/aromatic N) is 1. The molecule has 0 radical (unpaired) electrons. The van der Waals surface area contributed by atoms with E-state index in [4.69, 9.17) is 18.5 Å². The van der Waals surface area contributed by atoms with Gasteiger partial charge in [0.05, 0.1) is 27.7 Å². The molecular weight excluding hydrogens is 665 g/mol. The van der Waals surface area contributed by atoms with Crippen LogP contribution in [-0.2, 0) is 32.7 Å². The van der Waals surface area contributed by atoms with Crippen LogP contribution in [-0.4, -0.2) is 70.0 Å². The Morgan fingerprint density at radius 3 is 1.69 bits per heavy atom. The number of phosphoric acid groups is 1. The highest BCUT2D eigenvalue weighted by molar-refractivity contribution is 7.45. The SMILES string of the molecule is CC/C=C\C/C=C\C/C=C\CCCCCC(=O)OC(COC(=O)CCCCCCC/C=C\C/C=C\CCCC)COP(=O)([O-])OCC[N+](C)(C)C. The zero-order chi connectivity index (χ0) is 37.9. The number of hydrogen-bond donors (Lipinski definition) is 0. The Morgan fingerprint density at radius 2 is 1.12 bits per heavy atom. The summed E-state index contributed by atoms with van der Waals surface area (Å²) in [4.78, 5) is 37.3. The van der Waals surface area contributed by atoms with Crippen LogP contribution in [0.3, 0.4) is 0 Å². The van der Waals surface area contributed by atoms with Gasteiger partial charge in [-0.15, -0.1) is 0 Å². The molecule has 0 bridgehead atoms. The predicted molar refractivity (Wildman–Crippen MR) is 208 cm³/mol. The molecule has 0 aliphatic heterocycles. The summed E-state index contributed by atoms with van der Waals surface area (Å²) < 4.78 is 33.7. The van der Waals surface area contributed by atoms with E-state index in [9.17, 15) is 19.0 Å². The van der Waals surface area contributed by atoms with Crippen molar-refractivity contribution < 1.29 is 42.1 Å². The lowest BCUT2D eigenvalue weighted by molar-refractivity contribution is -0.870. The minimum absolute atomic E-state index is 0.0419. The Hall–Kier alpha value is -2.29. The fraction of sp³-hybridized carbons (Fsp3) is 0.707. The lowest BCUT2D eigenvalue weighted by Crippen LogP contribution is -2.37. The first-order valence-corrected chi connectivity index (χ1v) is 21.0. The van der Waals surface area contributed by atoms with E-state index >= 15 is 0 Å². The number of phosphoric ester groups is 1. The second kappa shape index (κ2) is 33.5. The molecule has 10 heteroatoms. The van der Waals surface area contributed by atoms with E-state index < -0.39 is 32.5 Å². The van der Waals surface area contributed by atoms with Gasteiger partial charge in [0, 0.05) is 12.8 Å². The van der Waals surface area contributed by atoms with E-state index in [2.05, 4.69) is 74.6 Å². The fourth-order valence-electron chi connectivity index (χ4n) is 4.68. The first-order chi connectivity index (χ1) is 24.5. The monoisotopic (exact) mass is 737 g/mol. The molecule has 294 valence electrons. The number of likely N-dealkylation sites (N-methyl/N-ethyl adjacent to an activating group) is 1. The van der Waals surface area contributed by atoms with E-state index in [0.29, 0.717) is 23.9 Å². The third kappa shape index (κ3) is 37.3. The van der Waals surface area contributed by atoms with Crippen molar-refractivity contribution in [1.82, 2.24) is 0 Å². The van der Waals surface area contributed by atoms with Crippen molar-refractivity contribution in [3.63, 3.8) is 0 Å². The summed E-state index contributed by atoms with van der Waals surface area (Å²) in [6.45, 7) is 3.98. The highest BCUT2D eigenvalue weighted by Gasteiger charge is 2.21. The minimum atomic E-state index is -4.63. The Balaban J connectivity index is 4.51. The second-order valence-corrected chi connectivity index (χ2v) is 15.3. The third-order valence-corrected chi connectivity index (χ3v) is 8.74. The summed E-state index contributed by atoms with van der Waals surface area (Å²) in [6, 6.07) is 0. The third-order valence-electron chi connectivity index (χ3n) is 7.77. The van der Waals surface area contributed by atoms with Crippen molar-refractivity contribution in [3.8, 4) is 0 Å². The van der Waals surface area contributed by atoms with Crippen molar-refractivity contribution in [2.45, 2.75) is 142 Å². The second-order valence-electron chi connectivity index (χ2n) is 13.9. The molecule has 0 rings (SSSR count). The summed E-state index contributed by atoms with van der Waals surface area (Å²) >= 11 is 0. The van der Waals surface area contributed by atoms with Crippen molar-refractivity contribution in [3.05, 3.63) is 60.8 Å². The number of allylic oxidation sites excluding steroid dienone is 10. The van der Waals surface area contributed by atoms with Gasteiger partial charge >= 0.3 is 11.9 Å². The summed E-state index contributed by atoms with van der Waals surface area (Å²) in [5.74, 6) is -0.894. The zero-order valence-corrected chi connectivity index (χ0v) is 33.7. The molecule has 0 aliphatic rings.